The van der Waals surface area contributed by atoms with Crippen molar-refractivity contribution in [1.82, 2.24) is 14.9 Å². The number of nitrogens with zero attached hydrogens (tertiary/aromatic N) is 3. The van der Waals surface area contributed by atoms with Crippen molar-refractivity contribution >= 4 is 17.7 Å². The van der Waals surface area contributed by atoms with E-state index in [1.807, 2.05) is 19.0 Å². The number of aromatic nitrogens is 2. The minimum Gasteiger partial charge on any atom is -0.476 e. The number of hydrogen-bond acceptors (Lipinski definition) is 5. The lowest BCUT2D eigenvalue weighted by molar-refractivity contribution is 0.0685. The molecule has 0 amide bonds. The van der Waals surface area contributed by atoms with Crippen LogP contribution in [0.15, 0.2) is 17.4 Å². The fourth-order valence-electron chi connectivity index (χ4n) is 0.902. The van der Waals surface area contributed by atoms with Crippen molar-refractivity contribution in [2.24, 2.45) is 0 Å². The molecule has 0 aliphatic carbocycles. The SMILES string of the molecule is CN(C)CCSc1nccnc1C(=O)O. The Morgan fingerprint density at radius 3 is 2.73 bits per heavy atom. The summed E-state index contributed by atoms with van der Waals surface area (Å²) in [6.07, 6.45) is 2.89. The summed E-state index contributed by atoms with van der Waals surface area (Å²) < 4.78 is 0. The van der Waals surface area contributed by atoms with Gasteiger partial charge < -0.3 is 10.0 Å². The first-order valence-corrected chi connectivity index (χ1v) is 5.41. The van der Waals surface area contributed by atoms with Gasteiger partial charge in [0, 0.05) is 24.7 Å². The van der Waals surface area contributed by atoms with Crippen LogP contribution >= 0.6 is 11.8 Å². The molecule has 82 valence electrons. The van der Waals surface area contributed by atoms with Gasteiger partial charge in [0.05, 0.1) is 0 Å². The summed E-state index contributed by atoms with van der Waals surface area (Å²) in [5.41, 5.74) is 0.0289. The van der Waals surface area contributed by atoms with Crippen LogP contribution in [0.3, 0.4) is 0 Å². The number of aromatic carboxylic acids is 1. The van der Waals surface area contributed by atoms with Crippen molar-refractivity contribution in [2.75, 3.05) is 26.4 Å². The van der Waals surface area contributed by atoms with Crippen molar-refractivity contribution in [2.45, 2.75) is 5.03 Å². The van der Waals surface area contributed by atoms with E-state index in [-0.39, 0.29) is 5.69 Å². The number of rotatable bonds is 5. The third kappa shape index (κ3) is 3.85. The number of carboxylic acids is 1. The van der Waals surface area contributed by atoms with Gasteiger partial charge in [-0.2, -0.15) is 0 Å². The van der Waals surface area contributed by atoms with Gasteiger partial charge in [-0.05, 0) is 14.1 Å². The Hall–Kier alpha value is -1.14. The smallest absolute Gasteiger partial charge is 0.357 e. The highest BCUT2D eigenvalue weighted by atomic mass is 32.2. The second-order valence-corrected chi connectivity index (χ2v) is 4.25. The average Bonchev–Trinajstić information content (AvgIpc) is 2.17. The van der Waals surface area contributed by atoms with Crippen LogP contribution in [0, 0.1) is 0 Å². The van der Waals surface area contributed by atoms with Gasteiger partial charge in [0.15, 0.2) is 5.69 Å². The number of hydrogen-bond donors (Lipinski definition) is 1. The minimum absolute atomic E-state index is 0.0289. The zero-order valence-electron chi connectivity index (χ0n) is 8.67. The normalized spacial score (nSPS) is 10.6. The first kappa shape index (κ1) is 11.9. The topological polar surface area (TPSA) is 66.3 Å². The molecule has 1 aromatic rings. The zero-order valence-corrected chi connectivity index (χ0v) is 9.49. The maximum absolute atomic E-state index is 10.8. The molecule has 0 radical (unpaired) electrons. The van der Waals surface area contributed by atoms with E-state index in [1.54, 1.807) is 0 Å². The first-order chi connectivity index (χ1) is 7.11. The predicted molar refractivity (Wildman–Crippen MR) is 58.3 cm³/mol. The molecule has 15 heavy (non-hydrogen) atoms. The molecule has 0 saturated carbocycles. The maximum atomic E-state index is 10.8. The van der Waals surface area contributed by atoms with Crippen molar-refractivity contribution in [1.29, 1.82) is 0 Å². The maximum Gasteiger partial charge on any atom is 0.357 e. The Balaban J connectivity index is 2.63. The fraction of sp³-hybridized carbons (Fsp3) is 0.444. The van der Waals surface area contributed by atoms with Gasteiger partial charge in [-0.1, -0.05) is 0 Å². The van der Waals surface area contributed by atoms with E-state index in [9.17, 15) is 4.79 Å². The molecule has 0 bridgehead atoms. The van der Waals surface area contributed by atoms with E-state index in [2.05, 4.69) is 9.97 Å². The summed E-state index contributed by atoms with van der Waals surface area (Å²) in [4.78, 5) is 20.6. The van der Waals surface area contributed by atoms with Crippen LogP contribution in [-0.4, -0.2) is 52.3 Å². The molecule has 1 aromatic heterocycles. The zero-order chi connectivity index (χ0) is 11.3. The third-order valence-corrected chi connectivity index (χ3v) is 2.60. The molecule has 1 N–H and O–H groups in total. The Kier molecular flexibility index (Phi) is 4.51. The van der Waals surface area contributed by atoms with Crippen LogP contribution < -0.4 is 0 Å². The Morgan fingerprint density at radius 2 is 2.13 bits per heavy atom. The largest absolute Gasteiger partial charge is 0.476 e. The lowest BCUT2D eigenvalue weighted by Crippen LogP contribution is -2.15. The molecule has 0 aliphatic rings. The Labute approximate surface area is 92.5 Å². The van der Waals surface area contributed by atoms with E-state index in [1.165, 1.54) is 24.2 Å². The molecule has 1 heterocycles. The summed E-state index contributed by atoms with van der Waals surface area (Å²) in [6, 6.07) is 0. The summed E-state index contributed by atoms with van der Waals surface area (Å²) in [5, 5.41) is 9.33. The molecule has 0 saturated heterocycles. The van der Waals surface area contributed by atoms with E-state index in [0.717, 1.165) is 12.3 Å². The van der Waals surface area contributed by atoms with Crippen LogP contribution in [0.4, 0.5) is 0 Å². The monoisotopic (exact) mass is 227 g/mol. The predicted octanol–water partition coefficient (Wildman–Crippen LogP) is 0.829. The van der Waals surface area contributed by atoms with Crippen LogP contribution in [0.2, 0.25) is 0 Å². The molecular weight excluding hydrogens is 214 g/mol. The first-order valence-electron chi connectivity index (χ1n) is 4.43. The van der Waals surface area contributed by atoms with E-state index >= 15 is 0 Å². The molecule has 0 aliphatic heterocycles. The van der Waals surface area contributed by atoms with Crippen LogP contribution in [0.1, 0.15) is 10.5 Å². The van der Waals surface area contributed by atoms with E-state index in [0.29, 0.717) is 5.03 Å². The number of carboxylic acid groups (broad SMARTS) is 1. The average molecular weight is 227 g/mol. The molecule has 0 spiro atoms. The van der Waals surface area contributed by atoms with Gasteiger partial charge >= 0.3 is 5.97 Å². The van der Waals surface area contributed by atoms with Crippen molar-refractivity contribution < 1.29 is 9.90 Å². The quantitative estimate of drug-likeness (QED) is 0.751. The Morgan fingerprint density at radius 1 is 1.47 bits per heavy atom. The molecule has 0 aromatic carbocycles. The highest BCUT2D eigenvalue weighted by Gasteiger charge is 2.12. The standard InChI is InChI=1S/C9H13N3O2S/c1-12(2)5-6-15-8-7(9(13)14)10-3-4-11-8/h3-4H,5-6H2,1-2H3,(H,13,14). The number of carbonyl (C=O) groups is 1. The summed E-state index contributed by atoms with van der Waals surface area (Å²) >= 11 is 1.41. The van der Waals surface area contributed by atoms with Crippen molar-refractivity contribution in [3.63, 3.8) is 0 Å². The van der Waals surface area contributed by atoms with Gasteiger partial charge in [-0.3, -0.25) is 0 Å². The molecule has 5 nitrogen and oxygen atoms in total. The molecule has 0 unspecified atom stereocenters. The highest BCUT2D eigenvalue weighted by molar-refractivity contribution is 7.99. The minimum atomic E-state index is -1.03. The fourth-order valence-corrected chi connectivity index (χ4v) is 1.96. The van der Waals surface area contributed by atoms with Crippen LogP contribution in [0.5, 0.6) is 0 Å². The van der Waals surface area contributed by atoms with Gasteiger partial charge in [0.1, 0.15) is 5.03 Å². The molecular formula is C9H13N3O2S. The summed E-state index contributed by atoms with van der Waals surface area (Å²) in [7, 11) is 3.94. The van der Waals surface area contributed by atoms with Crippen LogP contribution in [-0.2, 0) is 0 Å². The second kappa shape index (κ2) is 5.67. The summed E-state index contributed by atoms with van der Waals surface area (Å²) in [5.74, 6) is -0.234. The molecule has 0 atom stereocenters. The van der Waals surface area contributed by atoms with Crippen molar-refractivity contribution in [3.05, 3.63) is 18.1 Å². The molecule has 6 heteroatoms. The lowest BCUT2D eigenvalue weighted by Gasteiger charge is -2.08. The van der Waals surface area contributed by atoms with Gasteiger partial charge in [-0.25, -0.2) is 14.8 Å². The molecule has 1 rings (SSSR count). The van der Waals surface area contributed by atoms with E-state index < -0.39 is 5.97 Å². The van der Waals surface area contributed by atoms with Crippen LogP contribution in [0.25, 0.3) is 0 Å². The number of thioether (sulfide) groups is 1. The van der Waals surface area contributed by atoms with Gasteiger partial charge in [-0.15, -0.1) is 11.8 Å². The Bertz CT molecular complexity index is 344. The second-order valence-electron chi connectivity index (χ2n) is 3.17. The molecule has 0 fully saturated rings. The highest BCUT2D eigenvalue weighted by Crippen LogP contribution is 2.17. The van der Waals surface area contributed by atoms with Gasteiger partial charge in [0.25, 0.3) is 0 Å². The summed E-state index contributed by atoms with van der Waals surface area (Å²) in [6.45, 7) is 0.875. The third-order valence-electron chi connectivity index (χ3n) is 1.64. The lowest BCUT2D eigenvalue weighted by atomic mass is 10.5. The van der Waals surface area contributed by atoms with E-state index in [4.69, 9.17) is 5.11 Å². The van der Waals surface area contributed by atoms with Gasteiger partial charge in [0.2, 0.25) is 0 Å². The van der Waals surface area contributed by atoms with Crippen molar-refractivity contribution in [3.8, 4) is 0 Å².